The number of nitrogens with two attached hydrogens (primary N) is 1. The molecule has 2 rings (SSSR count). The van der Waals surface area contributed by atoms with Crippen molar-refractivity contribution in [3.8, 4) is 11.5 Å². The molecule has 9 nitrogen and oxygen atoms in total. The molecule has 0 heterocycles. The van der Waals surface area contributed by atoms with E-state index < -0.39 is 33.9 Å². The Hall–Kier alpha value is -3.32. The Labute approximate surface area is 175 Å². The molecule has 0 bridgehead atoms. The highest BCUT2D eigenvalue weighted by atomic mass is 32.2. The Morgan fingerprint density at radius 3 is 2.10 bits per heavy atom. The number of nitrogens with one attached hydrogen (secondary N) is 2. The first-order chi connectivity index (χ1) is 14.4. The van der Waals surface area contributed by atoms with Crippen LogP contribution in [-0.4, -0.2) is 39.7 Å². The van der Waals surface area contributed by atoms with Gasteiger partial charge in [0.25, 0.3) is 5.91 Å². The van der Waals surface area contributed by atoms with Gasteiger partial charge in [-0.25, -0.2) is 13.1 Å². The predicted molar refractivity (Wildman–Crippen MR) is 103 cm³/mol. The number of anilines is 1. The molecule has 0 aromatic heterocycles. The molecule has 0 fully saturated rings. The fourth-order valence-corrected chi connectivity index (χ4v) is 3.25. The van der Waals surface area contributed by atoms with Crippen molar-refractivity contribution in [1.29, 1.82) is 0 Å². The molecular formula is C18H18F3N3O6S. The average molecular weight is 461 g/mol. The lowest BCUT2D eigenvalue weighted by molar-refractivity contribution is -0.274. The molecule has 0 aliphatic carbocycles. The Bertz CT molecular complexity index is 1010. The van der Waals surface area contributed by atoms with Crippen molar-refractivity contribution in [1.82, 2.24) is 4.72 Å². The van der Waals surface area contributed by atoms with Crippen molar-refractivity contribution in [3.63, 3.8) is 0 Å². The maximum absolute atomic E-state index is 12.2. The van der Waals surface area contributed by atoms with Crippen molar-refractivity contribution >= 4 is 27.5 Å². The smallest absolute Gasteiger partial charge is 0.484 e. The number of ether oxygens (including phenoxy) is 2. The lowest BCUT2D eigenvalue weighted by Gasteiger charge is -2.10. The number of hydrogen-bond acceptors (Lipinski definition) is 6. The van der Waals surface area contributed by atoms with E-state index in [1.165, 1.54) is 24.3 Å². The number of carbonyl (C=O) groups is 2. The van der Waals surface area contributed by atoms with E-state index in [9.17, 15) is 31.2 Å². The molecule has 31 heavy (non-hydrogen) atoms. The number of rotatable bonds is 10. The van der Waals surface area contributed by atoms with Crippen LogP contribution in [0.25, 0.3) is 0 Å². The van der Waals surface area contributed by atoms with Crippen LogP contribution < -0.4 is 25.2 Å². The quantitative estimate of drug-likeness (QED) is 0.493. The molecule has 168 valence electrons. The minimum Gasteiger partial charge on any atom is -0.484 e. The maximum atomic E-state index is 12.2. The van der Waals surface area contributed by atoms with Gasteiger partial charge in [0.1, 0.15) is 11.5 Å². The highest BCUT2D eigenvalue weighted by Crippen LogP contribution is 2.23. The van der Waals surface area contributed by atoms with E-state index >= 15 is 0 Å². The lowest BCUT2D eigenvalue weighted by Crippen LogP contribution is -2.27. The minimum absolute atomic E-state index is 0.200. The van der Waals surface area contributed by atoms with Crippen molar-refractivity contribution in [2.45, 2.75) is 17.7 Å². The van der Waals surface area contributed by atoms with Crippen molar-refractivity contribution < 1.29 is 40.7 Å². The Kier molecular flexibility index (Phi) is 7.83. The van der Waals surface area contributed by atoms with Gasteiger partial charge in [-0.1, -0.05) is 0 Å². The van der Waals surface area contributed by atoms with Gasteiger partial charge in [0.2, 0.25) is 15.9 Å². The number of primary amides is 1. The van der Waals surface area contributed by atoms with E-state index in [2.05, 4.69) is 14.8 Å². The zero-order chi connectivity index (χ0) is 23.1. The third-order valence-corrected chi connectivity index (χ3v) is 5.01. The number of carbonyl (C=O) groups excluding carboxylic acids is 2. The molecule has 2 aromatic rings. The zero-order valence-electron chi connectivity index (χ0n) is 15.8. The summed E-state index contributed by atoms with van der Waals surface area (Å²) in [4.78, 5) is 22.3. The van der Waals surface area contributed by atoms with E-state index in [-0.39, 0.29) is 24.5 Å². The normalized spacial score (nSPS) is 11.6. The largest absolute Gasteiger partial charge is 0.573 e. The van der Waals surface area contributed by atoms with Gasteiger partial charge < -0.3 is 20.5 Å². The van der Waals surface area contributed by atoms with Crippen LogP contribution in [0.2, 0.25) is 0 Å². The number of benzene rings is 2. The first-order valence-corrected chi connectivity index (χ1v) is 10.1. The Morgan fingerprint density at radius 2 is 1.55 bits per heavy atom. The first kappa shape index (κ1) is 24.0. The van der Waals surface area contributed by atoms with Crippen LogP contribution in [0.15, 0.2) is 53.4 Å². The number of halogens is 3. The molecule has 4 N–H and O–H groups in total. The number of amides is 2. The molecule has 0 spiro atoms. The second kappa shape index (κ2) is 10.1. The van der Waals surface area contributed by atoms with Crippen LogP contribution in [0, 0.1) is 0 Å². The standard InChI is InChI=1S/C18H18F3N3O6S/c19-18(20,21)30-14-5-7-15(8-6-14)31(27,28)23-10-9-17(26)24-12-1-3-13(4-2-12)29-11-16(22)25/h1-8,23H,9-11H2,(H2,22,25)(H,24,26). The Balaban J connectivity index is 1.82. The number of hydrogen-bond donors (Lipinski definition) is 3. The summed E-state index contributed by atoms with van der Waals surface area (Å²) in [7, 11) is -4.03. The van der Waals surface area contributed by atoms with E-state index in [0.29, 0.717) is 11.4 Å². The van der Waals surface area contributed by atoms with Crippen LogP contribution in [0.4, 0.5) is 18.9 Å². The van der Waals surface area contributed by atoms with E-state index in [1.807, 2.05) is 0 Å². The topological polar surface area (TPSA) is 137 Å². The van der Waals surface area contributed by atoms with Crippen LogP contribution >= 0.6 is 0 Å². The van der Waals surface area contributed by atoms with Gasteiger partial charge in [-0.2, -0.15) is 0 Å². The van der Waals surface area contributed by atoms with Crippen LogP contribution in [0.3, 0.4) is 0 Å². The fraction of sp³-hybridized carbons (Fsp3) is 0.222. The van der Waals surface area contributed by atoms with Crippen molar-refractivity contribution in [3.05, 3.63) is 48.5 Å². The van der Waals surface area contributed by atoms with Gasteiger partial charge in [-0.15, -0.1) is 13.2 Å². The second-order valence-electron chi connectivity index (χ2n) is 5.99. The summed E-state index contributed by atoms with van der Waals surface area (Å²) in [6.07, 6.45) is -5.09. The molecule has 0 atom stereocenters. The fourth-order valence-electron chi connectivity index (χ4n) is 2.22. The summed E-state index contributed by atoms with van der Waals surface area (Å²) >= 11 is 0. The molecule has 2 amide bonds. The van der Waals surface area contributed by atoms with Crippen LogP contribution in [-0.2, 0) is 19.6 Å². The third kappa shape index (κ3) is 8.52. The summed E-state index contributed by atoms with van der Waals surface area (Å²) < 4.78 is 71.7. The molecule has 13 heteroatoms. The lowest BCUT2D eigenvalue weighted by atomic mass is 10.3. The highest BCUT2D eigenvalue weighted by molar-refractivity contribution is 7.89. The van der Waals surface area contributed by atoms with Gasteiger partial charge in [0, 0.05) is 18.7 Å². The molecule has 0 saturated carbocycles. The van der Waals surface area contributed by atoms with Gasteiger partial charge >= 0.3 is 6.36 Å². The molecule has 0 aliphatic heterocycles. The summed E-state index contributed by atoms with van der Waals surface area (Å²) in [6.45, 7) is -0.529. The van der Waals surface area contributed by atoms with Crippen molar-refractivity contribution in [2.24, 2.45) is 5.73 Å². The average Bonchev–Trinajstić information content (AvgIpc) is 2.66. The zero-order valence-corrected chi connectivity index (χ0v) is 16.6. The number of sulfonamides is 1. The monoisotopic (exact) mass is 461 g/mol. The maximum Gasteiger partial charge on any atom is 0.573 e. The second-order valence-corrected chi connectivity index (χ2v) is 7.76. The van der Waals surface area contributed by atoms with E-state index in [1.54, 1.807) is 0 Å². The number of alkyl halides is 3. The predicted octanol–water partition coefficient (Wildman–Crippen LogP) is 1.76. The SMILES string of the molecule is NC(=O)COc1ccc(NC(=O)CCNS(=O)(=O)c2ccc(OC(F)(F)F)cc2)cc1. The van der Waals surface area contributed by atoms with Gasteiger partial charge in [-0.05, 0) is 48.5 Å². The van der Waals surface area contributed by atoms with Crippen LogP contribution in [0.5, 0.6) is 11.5 Å². The van der Waals surface area contributed by atoms with E-state index in [0.717, 1.165) is 24.3 Å². The van der Waals surface area contributed by atoms with Crippen LogP contribution in [0.1, 0.15) is 6.42 Å². The Morgan fingerprint density at radius 1 is 0.968 bits per heavy atom. The molecule has 0 radical (unpaired) electrons. The van der Waals surface area contributed by atoms with Gasteiger partial charge in [-0.3, -0.25) is 9.59 Å². The molecule has 2 aromatic carbocycles. The summed E-state index contributed by atoms with van der Waals surface area (Å²) in [5.74, 6) is -1.30. The van der Waals surface area contributed by atoms with Gasteiger partial charge in [0.05, 0.1) is 4.90 Å². The molecule has 0 saturated heterocycles. The highest BCUT2D eigenvalue weighted by Gasteiger charge is 2.31. The van der Waals surface area contributed by atoms with Crippen molar-refractivity contribution in [2.75, 3.05) is 18.5 Å². The molecule has 0 unspecified atom stereocenters. The van der Waals surface area contributed by atoms with E-state index in [4.69, 9.17) is 10.5 Å². The van der Waals surface area contributed by atoms with Gasteiger partial charge in [0.15, 0.2) is 6.61 Å². The summed E-state index contributed by atoms with van der Waals surface area (Å²) in [6, 6.07) is 9.68. The minimum atomic E-state index is -4.89. The first-order valence-electron chi connectivity index (χ1n) is 8.61. The summed E-state index contributed by atoms with van der Waals surface area (Å²) in [5, 5.41) is 2.55. The molecular weight excluding hydrogens is 443 g/mol. The summed E-state index contributed by atoms with van der Waals surface area (Å²) in [5.41, 5.74) is 5.38. The third-order valence-electron chi connectivity index (χ3n) is 3.53. The molecule has 0 aliphatic rings.